The molecule has 0 bridgehead atoms. The summed E-state index contributed by atoms with van der Waals surface area (Å²) < 4.78 is 34.5. The summed E-state index contributed by atoms with van der Waals surface area (Å²) in [5.74, 6) is -0.283. The maximum absolute atomic E-state index is 13.5. The highest BCUT2D eigenvalue weighted by Gasteiger charge is 2.54. The maximum atomic E-state index is 13.5. The molecule has 19 nitrogen and oxygen atoms in total. The van der Waals surface area contributed by atoms with Gasteiger partial charge in [0.15, 0.2) is 18.9 Å². The highest BCUT2D eigenvalue weighted by atomic mass is 16.8. The van der Waals surface area contributed by atoms with Crippen LogP contribution in [0.2, 0.25) is 0 Å². The molecule has 3 aliphatic rings. The molecule has 1 amide bonds. The first-order chi connectivity index (χ1) is 52.3. The van der Waals surface area contributed by atoms with Crippen molar-refractivity contribution in [2.75, 3.05) is 26.4 Å². The Hall–Kier alpha value is -3.03. The summed E-state index contributed by atoms with van der Waals surface area (Å²) in [5.41, 5.74) is 0. The molecule has 3 heterocycles. The molecule has 19 heteroatoms. The second-order valence-corrected chi connectivity index (χ2v) is 30.6. The van der Waals surface area contributed by atoms with E-state index in [9.17, 15) is 61.0 Å². The van der Waals surface area contributed by atoms with Crippen LogP contribution in [0.25, 0.3) is 0 Å². The monoisotopic (exact) mass is 1520 g/mol. The van der Waals surface area contributed by atoms with E-state index in [2.05, 4.69) is 92.1 Å². The smallest absolute Gasteiger partial charge is 0.220 e. The highest BCUT2D eigenvalue weighted by molar-refractivity contribution is 5.76. The van der Waals surface area contributed by atoms with E-state index in [1.54, 1.807) is 6.08 Å². The number of allylic oxidation sites excluding steroid dienone is 13. The van der Waals surface area contributed by atoms with Gasteiger partial charge in [0.2, 0.25) is 5.91 Å². The lowest BCUT2D eigenvalue weighted by atomic mass is 9.96. The minimum absolute atomic E-state index is 0.234. The van der Waals surface area contributed by atoms with E-state index in [0.717, 1.165) is 70.6 Å². The third-order valence-electron chi connectivity index (χ3n) is 21.2. The molecule has 0 aromatic rings. The van der Waals surface area contributed by atoms with Gasteiger partial charge in [-0.1, -0.05) is 336 Å². The van der Waals surface area contributed by atoms with Crippen LogP contribution in [0.3, 0.4) is 0 Å². The minimum atomic E-state index is -1.98. The van der Waals surface area contributed by atoms with Gasteiger partial charge < -0.3 is 89.9 Å². The van der Waals surface area contributed by atoms with E-state index >= 15 is 0 Å². The standard InChI is InChI=1S/C88H157NO18/c1-3-5-7-9-11-13-15-17-19-21-23-25-27-29-31-33-34-35-36-38-40-42-44-46-48-50-52-54-56-58-60-62-64-66-76(94)89-71(72(93)65-63-61-59-57-55-53-51-49-47-45-43-41-39-37-32-30-28-26-24-22-20-18-16-14-12-10-8-6-4-2)70-102-86-82(100)79(97)84(74(68-91)104-86)107-88-83(101)80(98)85(75(69-92)105-88)106-87-81(99)78(96)77(95)73(67-90)103-87/h5,7,11,13,17,19,23,25,29,31,55,57,63,65,71-75,77-88,90-93,95-101H,3-4,6,8-10,12,14-16,18,20-22,24,26-28,30,32-54,56,58-62,64,66-70H2,1-2H3,(H,89,94)/b7-5-,13-11-,19-17-,25-23-,31-29-,57-55+,65-63+. The Morgan fingerprint density at radius 1 is 0.346 bits per heavy atom. The van der Waals surface area contributed by atoms with Crippen LogP contribution < -0.4 is 5.32 Å². The summed E-state index contributed by atoms with van der Waals surface area (Å²) in [7, 11) is 0. The van der Waals surface area contributed by atoms with Gasteiger partial charge in [-0.15, -0.1) is 0 Å². The molecule has 0 aromatic heterocycles. The molecule has 0 aromatic carbocycles. The zero-order valence-corrected chi connectivity index (χ0v) is 66.9. The number of rotatable bonds is 69. The van der Waals surface area contributed by atoms with E-state index in [1.165, 1.54) is 231 Å². The normalized spacial score (nSPS) is 25.9. The summed E-state index contributed by atoms with van der Waals surface area (Å²) in [6, 6.07) is -0.995. The van der Waals surface area contributed by atoms with Crippen molar-refractivity contribution in [2.24, 2.45) is 0 Å². The fraction of sp³-hybridized carbons (Fsp3) is 0.830. The molecule has 0 aliphatic carbocycles. The van der Waals surface area contributed by atoms with E-state index in [4.69, 9.17) is 28.4 Å². The second-order valence-electron chi connectivity index (χ2n) is 30.6. The molecular formula is C88H157NO18. The highest BCUT2D eigenvalue weighted by Crippen LogP contribution is 2.33. The van der Waals surface area contributed by atoms with Crippen molar-refractivity contribution in [2.45, 2.75) is 439 Å². The number of aliphatic hydroxyl groups is 11. The van der Waals surface area contributed by atoms with Crippen LogP contribution in [0.4, 0.5) is 0 Å². The van der Waals surface area contributed by atoms with Crippen LogP contribution in [0, 0.1) is 0 Å². The largest absolute Gasteiger partial charge is 0.394 e. The predicted octanol–water partition coefficient (Wildman–Crippen LogP) is 15.7. The second kappa shape index (κ2) is 67.5. The van der Waals surface area contributed by atoms with Crippen molar-refractivity contribution < 1.29 is 89.4 Å². The Balaban J connectivity index is 1.35. The van der Waals surface area contributed by atoms with Crippen LogP contribution in [-0.2, 0) is 33.2 Å². The number of unbranched alkanes of at least 4 members (excludes halogenated alkanes) is 41. The number of carbonyl (C=O) groups is 1. The Labute approximate surface area is 648 Å². The topological polar surface area (TPSA) is 307 Å². The van der Waals surface area contributed by atoms with Crippen molar-refractivity contribution in [1.82, 2.24) is 5.32 Å². The Bertz CT molecular complexity index is 2260. The Morgan fingerprint density at radius 2 is 0.654 bits per heavy atom. The van der Waals surface area contributed by atoms with Crippen molar-refractivity contribution in [1.29, 1.82) is 0 Å². The van der Waals surface area contributed by atoms with Gasteiger partial charge in [-0.2, -0.15) is 0 Å². The van der Waals surface area contributed by atoms with Gasteiger partial charge in [-0.25, -0.2) is 0 Å². The van der Waals surface area contributed by atoms with E-state index in [-0.39, 0.29) is 18.9 Å². The van der Waals surface area contributed by atoms with Gasteiger partial charge in [0.25, 0.3) is 0 Å². The van der Waals surface area contributed by atoms with Crippen molar-refractivity contribution in [3.8, 4) is 0 Å². The molecule has 0 spiro atoms. The van der Waals surface area contributed by atoms with Crippen LogP contribution in [0.15, 0.2) is 85.1 Å². The fourth-order valence-electron chi connectivity index (χ4n) is 14.3. The van der Waals surface area contributed by atoms with Crippen LogP contribution in [-0.4, -0.2) is 193 Å². The van der Waals surface area contributed by atoms with Gasteiger partial charge in [-0.3, -0.25) is 4.79 Å². The molecule has 3 aliphatic heterocycles. The lowest BCUT2D eigenvalue weighted by molar-refractivity contribution is -0.379. The summed E-state index contributed by atoms with van der Waals surface area (Å²) >= 11 is 0. The van der Waals surface area contributed by atoms with Gasteiger partial charge >= 0.3 is 0 Å². The zero-order valence-electron chi connectivity index (χ0n) is 66.9. The minimum Gasteiger partial charge on any atom is -0.394 e. The lowest BCUT2D eigenvalue weighted by Crippen LogP contribution is -2.66. The third kappa shape index (κ3) is 46.7. The average molecular weight is 1520 g/mol. The third-order valence-corrected chi connectivity index (χ3v) is 21.2. The predicted molar refractivity (Wildman–Crippen MR) is 429 cm³/mol. The molecule has 12 N–H and O–H groups in total. The van der Waals surface area contributed by atoms with Gasteiger partial charge in [0.05, 0.1) is 38.6 Å². The SMILES string of the molecule is CC/C=C\C/C=C\C/C=C\C/C=C\C/C=C\CCCCCCCCCCCCCCCCCCCC(=O)NC(COC1OC(CO)C(OC2OC(CO)C(OC3OC(CO)C(O)C(O)C3O)C(O)C2O)C(O)C1O)C(O)/C=C/CC/C=C/CCCCCCCCCCCCCCCCCCCCCCCCC. The molecule has 3 saturated heterocycles. The summed E-state index contributed by atoms with van der Waals surface area (Å²) in [6.45, 7) is 1.65. The number of hydrogen-bond acceptors (Lipinski definition) is 18. The van der Waals surface area contributed by atoms with Gasteiger partial charge in [0, 0.05) is 6.42 Å². The number of hydrogen-bond donors (Lipinski definition) is 12. The molecule has 0 saturated carbocycles. The maximum Gasteiger partial charge on any atom is 0.220 e. The molecule has 107 heavy (non-hydrogen) atoms. The Morgan fingerprint density at radius 3 is 1.05 bits per heavy atom. The lowest BCUT2D eigenvalue weighted by Gasteiger charge is -2.48. The van der Waals surface area contributed by atoms with Gasteiger partial charge in [0.1, 0.15) is 73.2 Å². The summed E-state index contributed by atoms with van der Waals surface area (Å²) in [6.07, 6.45) is 64.4. The fourth-order valence-corrected chi connectivity index (χ4v) is 14.3. The average Bonchev–Trinajstić information content (AvgIpc) is 0.782. The first kappa shape index (κ1) is 98.2. The van der Waals surface area contributed by atoms with E-state index < -0.39 is 124 Å². The van der Waals surface area contributed by atoms with Crippen molar-refractivity contribution in [3.63, 3.8) is 0 Å². The van der Waals surface area contributed by atoms with Crippen LogP contribution in [0.5, 0.6) is 0 Å². The first-order valence-electron chi connectivity index (χ1n) is 43.3. The summed E-state index contributed by atoms with van der Waals surface area (Å²) in [4.78, 5) is 13.5. The first-order valence-corrected chi connectivity index (χ1v) is 43.3. The molecule has 3 rings (SSSR count). The zero-order chi connectivity index (χ0) is 77.4. The van der Waals surface area contributed by atoms with E-state index in [1.807, 2.05) is 6.08 Å². The molecule has 17 atom stereocenters. The molecule has 3 fully saturated rings. The number of aliphatic hydroxyl groups excluding tert-OH is 11. The molecule has 17 unspecified atom stereocenters. The number of amides is 1. The van der Waals surface area contributed by atoms with Crippen LogP contribution in [0.1, 0.15) is 335 Å². The Kier molecular flexibility index (Phi) is 61.9. The van der Waals surface area contributed by atoms with Crippen LogP contribution >= 0.6 is 0 Å². The van der Waals surface area contributed by atoms with E-state index in [0.29, 0.717) is 12.8 Å². The number of carbonyl (C=O) groups excluding carboxylic acids is 1. The molecule has 622 valence electrons. The van der Waals surface area contributed by atoms with Crippen molar-refractivity contribution >= 4 is 5.91 Å². The van der Waals surface area contributed by atoms with Crippen molar-refractivity contribution in [3.05, 3.63) is 85.1 Å². The molecular weight excluding hydrogens is 1360 g/mol. The van der Waals surface area contributed by atoms with Gasteiger partial charge in [-0.05, 0) is 77.0 Å². The number of nitrogens with one attached hydrogen (secondary N) is 1. The number of ether oxygens (including phenoxy) is 6. The summed E-state index contributed by atoms with van der Waals surface area (Å²) in [5, 5.41) is 121. The quantitative estimate of drug-likeness (QED) is 0.0199. The molecule has 0 radical (unpaired) electrons.